The number of aromatic nitrogens is 3. The van der Waals surface area contributed by atoms with Gasteiger partial charge in [0.2, 0.25) is 11.9 Å². The number of carbonyl (C=O) groups is 2. The molecular formula is C19H16ClN5O3. The molecule has 1 aliphatic rings. The van der Waals surface area contributed by atoms with Crippen molar-refractivity contribution in [1.29, 1.82) is 0 Å². The zero-order valence-corrected chi connectivity index (χ0v) is 15.4. The minimum Gasteiger partial charge on any atom is -0.483 e. The van der Waals surface area contributed by atoms with Gasteiger partial charge in [-0.15, -0.1) is 0 Å². The number of anilines is 2. The normalized spacial score (nSPS) is 15.5. The van der Waals surface area contributed by atoms with Gasteiger partial charge in [0.05, 0.1) is 23.2 Å². The maximum atomic E-state index is 12.2. The topological polar surface area (TPSA) is 98.1 Å². The second kappa shape index (κ2) is 7.69. The van der Waals surface area contributed by atoms with Crippen LogP contribution in [-0.2, 0) is 9.59 Å². The van der Waals surface area contributed by atoms with E-state index in [4.69, 9.17) is 16.3 Å². The molecule has 0 spiro atoms. The Labute approximate surface area is 165 Å². The molecule has 8 nitrogen and oxygen atoms in total. The first-order valence-electron chi connectivity index (χ1n) is 8.57. The predicted octanol–water partition coefficient (Wildman–Crippen LogP) is 2.88. The molecule has 4 rings (SSSR count). The van der Waals surface area contributed by atoms with Crippen molar-refractivity contribution in [2.45, 2.75) is 12.5 Å². The predicted molar refractivity (Wildman–Crippen MR) is 103 cm³/mol. The number of carbonyl (C=O) groups excluding carboxylic acids is 2. The molecule has 0 fully saturated rings. The Hall–Kier alpha value is -3.39. The van der Waals surface area contributed by atoms with Gasteiger partial charge in [-0.1, -0.05) is 41.9 Å². The number of hydrogen-bond acceptors (Lipinski definition) is 5. The highest BCUT2D eigenvalue weighted by molar-refractivity contribution is 6.33. The van der Waals surface area contributed by atoms with Crippen molar-refractivity contribution < 1.29 is 14.3 Å². The van der Waals surface area contributed by atoms with E-state index in [2.05, 4.69) is 20.7 Å². The number of benzene rings is 2. The van der Waals surface area contributed by atoms with Crippen LogP contribution in [0.2, 0.25) is 5.02 Å². The van der Waals surface area contributed by atoms with Crippen LogP contribution in [-0.4, -0.2) is 33.2 Å². The summed E-state index contributed by atoms with van der Waals surface area (Å²) in [5, 5.41) is 10.0. The third kappa shape index (κ3) is 3.67. The van der Waals surface area contributed by atoms with Crippen molar-refractivity contribution in [3.05, 3.63) is 65.4 Å². The highest BCUT2D eigenvalue weighted by Gasteiger charge is 2.29. The van der Waals surface area contributed by atoms with E-state index in [-0.39, 0.29) is 30.9 Å². The number of hydrogen-bond donors (Lipinski definition) is 2. The maximum absolute atomic E-state index is 12.2. The summed E-state index contributed by atoms with van der Waals surface area (Å²) < 4.78 is 7.38. The Morgan fingerprint density at radius 3 is 2.89 bits per heavy atom. The molecule has 1 atom stereocenters. The van der Waals surface area contributed by atoms with Crippen LogP contribution in [0.15, 0.2) is 54.9 Å². The molecule has 2 aromatic carbocycles. The van der Waals surface area contributed by atoms with E-state index in [0.717, 1.165) is 5.56 Å². The van der Waals surface area contributed by atoms with Crippen LogP contribution < -0.4 is 15.4 Å². The van der Waals surface area contributed by atoms with E-state index in [1.54, 1.807) is 41.1 Å². The summed E-state index contributed by atoms with van der Waals surface area (Å²) in [6.45, 7) is -0.203. The highest BCUT2D eigenvalue weighted by atomic mass is 35.5. The zero-order chi connectivity index (χ0) is 19.5. The van der Waals surface area contributed by atoms with Gasteiger partial charge >= 0.3 is 0 Å². The molecule has 3 aromatic rings. The summed E-state index contributed by atoms with van der Waals surface area (Å²) in [7, 11) is 0. The van der Waals surface area contributed by atoms with Crippen LogP contribution in [0, 0.1) is 0 Å². The number of para-hydroxylation sites is 2. The van der Waals surface area contributed by atoms with Crippen LogP contribution in [0.3, 0.4) is 0 Å². The van der Waals surface area contributed by atoms with Gasteiger partial charge in [-0.05, 0) is 18.2 Å². The molecule has 0 aliphatic carbocycles. The van der Waals surface area contributed by atoms with E-state index >= 15 is 0 Å². The summed E-state index contributed by atoms with van der Waals surface area (Å²) in [4.78, 5) is 28.3. The van der Waals surface area contributed by atoms with Crippen LogP contribution in [0.25, 0.3) is 0 Å². The molecule has 2 amide bonds. The van der Waals surface area contributed by atoms with Gasteiger partial charge in [-0.25, -0.2) is 4.68 Å². The molecule has 0 bridgehead atoms. The molecule has 2 N–H and O–H groups in total. The third-order valence-electron chi connectivity index (χ3n) is 4.28. The van der Waals surface area contributed by atoms with Crippen molar-refractivity contribution in [3.63, 3.8) is 0 Å². The molecule has 1 aliphatic heterocycles. The second-order valence-corrected chi connectivity index (χ2v) is 6.56. The lowest BCUT2D eigenvalue weighted by molar-refractivity contribution is -0.118. The smallest absolute Gasteiger partial charge is 0.262 e. The number of nitrogens with one attached hydrogen (secondary N) is 2. The second-order valence-electron chi connectivity index (χ2n) is 6.15. The Morgan fingerprint density at radius 1 is 1.25 bits per heavy atom. The minimum atomic E-state index is -0.367. The standard InChI is InChI=1S/C19H16ClN5O3/c20-13-6-2-3-7-14(13)23-18(27)10-28-16-8-4-1-5-12(16)15-9-17(26)24-19-21-11-22-25(15)19/h1-8,11,15H,9-10H2,(H,23,27)(H,21,22,24,26)/t15-/m1/s1. The molecule has 2 heterocycles. The van der Waals surface area contributed by atoms with Gasteiger partial charge in [0.25, 0.3) is 5.91 Å². The quantitative estimate of drug-likeness (QED) is 0.689. The highest BCUT2D eigenvalue weighted by Crippen LogP contribution is 2.34. The number of amides is 2. The number of rotatable bonds is 5. The van der Waals surface area contributed by atoms with Gasteiger partial charge in [-0.3, -0.25) is 14.9 Å². The van der Waals surface area contributed by atoms with E-state index < -0.39 is 0 Å². The van der Waals surface area contributed by atoms with Crippen molar-refractivity contribution in [3.8, 4) is 5.75 Å². The number of ether oxygens (including phenoxy) is 1. The molecular weight excluding hydrogens is 382 g/mol. The first-order valence-corrected chi connectivity index (χ1v) is 8.95. The number of fused-ring (bicyclic) bond motifs is 1. The fraction of sp³-hybridized carbons (Fsp3) is 0.158. The average Bonchev–Trinajstić information content (AvgIpc) is 3.16. The fourth-order valence-corrected chi connectivity index (χ4v) is 3.21. The summed E-state index contributed by atoms with van der Waals surface area (Å²) in [5.74, 6) is 0.382. The maximum Gasteiger partial charge on any atom is 0.262 e. The Bertz CT molecular complexity index is 1040. The molecule has 142 valence electrons. The van der Waals surface area contributed by atoms with Gasteiger partial charge in [0.15, 0.2) is 6.61 Å². The number of halogens is 1. The van der Waals surface area contributed by atoms with Gasteiger partial charge < -0.3 is 10.1 Å². The average molecular weight is 398 g/mol. The molecule has 9 heteroatoms. The van der Waals surface area contributed by atoms with Crippen LogP contribution in [0.5, 0.6) is 5.75 Å². The molecule has 28 heavy (non-hydrogen) atoms. The first-order chi connectivity index (χ1) is 13.6. The van der Waals surface area contributed by atoms with Crippen molar-refractivity contribution in [1.82, 2.24) is 14.8 Å². The van der Waals surface area contributed by atoms with E-state index in [9.17, 15) is 9.59 Å². The SMILES string of the molecule is O=C(COc1ccccc1[C@H]1CC(=O)Nc2ncnn21)Nc1ccccc1Cl. The number of nitrogens with zero attached hydrogens (tertiary/aromatic N) is 3. The summed E-state index contributed by atoms with van der Waals surface area (Å²) in [5.41, 5.74) is 1.26. The van der Waals surface area contributed by atoms with Gasteiger partial charge in [0, 0.05) is 5.56 Å². The third-order valence-corrected chi connectivity index (χ3v) is 4.61. The minimum absolute atomic E-state index is 0.156. The zero-order valence-electron chi connectivity index (χ0n) is 14.6. The first kappa shape index (κ1) is 18.0. The van der Waals surface area contributed by atoms with Gasteiger partial charge in [-0.2, -0.15) is 10.1 Å². The van der Waals surface area contributed by atoms with Crippen molar-refractivity contribution in [2.24, 2.45) is 0 Å². The molecule has 1 aromatic heterocycles. The molecule has 0 saturated heterocycles. The Kier molecular flexibility index (Phi) is 4.94. The van der Waals surface area contributed by atoms with Crippen LogP contribution >= 0.6 is 11.6 Å². The Balaban J connectivity index is 1.51. The molecule has 0 unspecified atom stereocenters. The molecule has 0 radical (unpaired) electrons. The van der Waals surface area contributed by atoms with E-state index in [0.29, 0.717) is 22.4 Å². The lowest BCUT2D eigenvalue weighted by Crippen LogP contribution is -2.29. The van der Waals surface area contributed by atoms with Crippen LogP contribution in [0.4, 0.5) is 11.6 Å². The summed E-state index contributed by atoms with van der Waals surface area (Å²) in [6.07, 6.45) is 1.58. The molecule has 0 saturated carbocycles. The Morgan fingerprint density at radius 2 is 2.04 bits per heavy atom. The largest absolute Gasteiger partial charge is 0.483 e. The summed E-state index contributed by atoms with van der Waals surface area (Å²) >= 11 is 6.05. The van der Waals surface area contributed by atoms with Crippen molar-refractivity contribution >= 4 is 35.1 Å². The van der Waals surface area contributed by atoms with Crippen LogP contribution in [0.1, 0.15) is 18.0 Å². The van der Waals surface area contributed by atoms with E-state index in [1.165, 1.54) is 6.33 Å². The summed E-state index contributed by atoms with van der Waals surface area (Å²) in [6, 6.07) is 13.8. The fourth-order valence-electron chi connectivity index (χ4n) is 3.03. The van der Waals surface area contributed by atoms with Gasteiger partial charge in [0.1, 0.15) is 12.1 Å². The lowest BCUT2D eigenvalue weighted by Gasteiger charge is -2.25. The van der Waals surface area contributed by atoms with E-state index in [1.807, 2.05) is 12.1 Å². The monoisotopic (exact) mass is 397 g/mol. The van der Waals surface area contributed by atoms with Crippen molar-refractivity contribution in [2.75, 3.05) is 17.2 Å². The lowest BCUT2D eigenvalue weighted by atomic mass is 10.0.